The minimum atomic E-state index is -0.879. The Kier molecular flexibility index (Phi) is 16.8. The molecule has 0 aliphatic carbocycles. The van der Waals surface area contributed by atoms with Crippen LogP contribution in [-0.2, 0) is 0 Å². The van der Waals surface area contributed by atoms with E-state index in [1.54, 1.807) is 74.5 Å². The van der Waals surface area contributed by atoms with Gasteiger partial charge in [0.05, 0.1) is 22.8 Å². The summed E-state index contributed by atoms with van der Waals surface area (Å²) in [6, 6.07) is 16.6. The zero-order valence-electron chi connectivity index (χ0n) is 21.4. The number of hydrogen-bond donors (Lipinski definition) is 4. The molecule has 0 aliphatic heterocycles. The number of carbonyl (C=O) groups is 2. The van der Waals surface area contributed by atoms with Crippen LogP contribution in [0.25, 0.3) is 0 Å². The lowest BCUT2D eigenvalue weighted by Gasteiger charge is -2.22. The Bertz CT molecular complexity index is 791. The molecule has 6 heteroatoms. The molecule has 0 radical (unpaired) electrons. The second kappa shape index (κ2) is 18.4. The molecule has 0 spiro atoms. The number of carboxylic acids is 2. The van der Waals surface area contributed by atoms with E-state index in [0.717, 1.165) is 12.8 Å². The molecule has 0 saturated carbocycles. The third-order valence-corrected chi connectivity index (χ3v) is 4.86. The Balaban J connectivity index is 0.000000538. The van der Waals surface area contributed by atoms with Crippen molar-refractivity contribution in [1.29, 1.82) is 0 Å². The summed E-state index contributed by atoms with van der Waals surface area (Å²) in [6.45, 7) is 7.80. The molecule has 6 nitrogen and oxygen atoms in total. The predicted molar refractivity (Wildman–Crippen MR) is 141 cm³/mol. The number of rotatable bonds is 11. The summed E-state index contributed by atoms with van der Waals surface area (Å²) in [6.07, 6.45) is 10.1. The highest BCUT2D eigenvalue weighted by atomic mass is 16.4. The van der Waals surface area contributed by atoms with Crippen LogP contribution in [-0.4, -0.2) is 44.1 Å². The van der Waals surface area contributed by atoms with Gasteiger partial charge in [-0.1, -0.05) is 75.2 Å². The lowest BCUT2D eigenvalue weighted by molar-refractivity contribution is 0.0129. The number of aromatic carboxylic acids is 2. The number of carboxylic acid groups (broad SMARTS) is 2. The van der Waals surface area contributed by atoms with E-state index in [-0.39, 0.29) is 0 Å². The van der Waals surface area contributed by atoms with Gasteiger partial charge in [0.25, 0.3) is 0 Å². The maximum atomic E-state index is 10.2. The molecule has 0 bridgehead atoms. The van der Waals surface area contributed by atoms with Crippen molar-refractivity contribution in [2.45, 2.75) is 77.9 Å². The standard InChI is InChI=1S/C15H30O2.2C7H6O2/c1-5-6-7-8-9-10-13(2)11-14(16)12-15(3,4)17;2*8-7(9)6-4-2-1-3-5-6/h9-10,13-14,16-17H,5-8,11-12H2,1-4H3;2*1-5H,(H,8,9). The molecule has 194 valence electrons. The van der Waals surface area contributed by atoms with E-state index in [9.17, 15) is 19.8 Å². The van der Waals surface area contributed by atoms with Crippen molar-refractivity contribution < 1.29 is 30.0 Å². The molecular weight excluding hydrogens is 444 g/mol. The highest BCUT2D eigenvalue weighted by molar-refractivity contribution is 5.87. The number of hydrogen-bond acceptors (Lipinski definition) is 4. The van der Waals surface area contributed by atoms with Crippen LogP contribution >= 0.6 is 0 Å². The van der Waals surface area contributed by atoms with Crippen LogP contribution in [0.15, 0.2) is 72.8 Å². The summed E-state index contributed by atoms with van der Waals surface area (Å²) in [5.74, 6) is -1.37. The van der Waals surface area contributed by atoms with E-state index in [0.29, 0.717) is 23.5 Å². The zero-order chi connectivity index (χ0) is 26.7. The van der Waals surface area contributed by atoms with Gasteiger partial charge in [-0.3, -0.25) is 0 Å². The average molecular weight is 487 g/mol. The minimum Gasteiger partial charge on any atom is -0.478 e. The third-order valence-electron chi connectivity index (χ3n) is 4.86. The lowest BCUT2D eigenvalue weighted by atomic mass is 9.94. The molecule has 4 N–H and O–H groups in total. The Morgan fingerprint density at radius 2 is 1.34 bits per heavy atom. The smallest absolute Gasteiger partial charge is 0.335 e. The van der Waals surface area contributed by atoms with Gasteiger partial charge in [-0.15, -0.1) is 0 Å². The van der Waals surface area contributed by atoms with E-state index in [1.165, 1.54) is 19.3 Å². The quantitative estimate of drug-likeness (QED) is 0.215. The number of benzene rings is 2. The molecule has 0 fully saturated rings. The van der Waals surface area contributed by atoms with Gasteiger partial charge >= 0.3 is 11.9 Å². The molecule has 2 aromatic rings. The molecule has 2 atom stereocenters. The van der Waals surface area contributed by atoms with Crippen molar-refractivity contribution in [3.8, 4) is 0 Å². The second-order valence-corrected chi connectivity index (χ2v) is 9.15. The Hall–Kier alpha value is -2.96. The Labute approximate surface area is 210 Å². The van der Waals surface area contributed by atoms with Crippen LogP contribution in [0.3, 0.4) is 0 Å². The third kappa shape index (κ3) is 19.1. The summed E-state index contributed by atoms with van der Waals surface area (Å²) in [5, 5.41) is 36.2. The summed E-state index contributed by atoms with van der Waals surface area (Å²) < 4.78 is 0. The van der Waals surface area contributed by atoms with Crippen LogP contribution < -0.4 is 0 Å². The number of allylic oxidation sites excluding steroid dienone is 2. The van der Waals surface area contributed by atoms with Gasteiger partial charge < -0.3 is 20.4 Å². The van der Waals surface area contributed by atoms with E-state index in [4.69, 9.17) is 10.2 Å². The molecule has 0 saturated heterocycles. The molecular formula is C29H42O6. The largest absolute Gasteiger partial charge is 0.478 e. The minimum absolute atomic E-state index is 0.331. The average Bonchev–Trinajstić information content (AvgIpc) is 2.79. The zero-order valence-corrected chi connectivity index (χ0v) is 21.4. The van der Waals surface area contributed by atoms with Gasteiger partial charge in [-0.2, -0.15) is 0 Å². The van der Waals surface area contributed by atoms with Crippen molar-refractivity contribution in [2.24, 2.45) is 5.92 Å². The number of unbranched alkanes of at least 4 members (excludes halogenated alkanes) is 3. The maximum Gasteiger partial charge on any atom is 0.335 e. The molecule has 0 amide bonds. The summed E-state index contributed by atoms with van der Waals surface area (Å²) >= 11 is 0. The summed E-state index contributed by atoms with van der Waals surface area (Å²) in [5.41, 5.74) is -0.112. The molecule has 0 heterocycles. The van der Waals surface area contributed by atoms with Crippen LogP contribution in [0.5, 0.6) is 0 Å². The van der Waals surface area contributed by atoms with Gasteiger partial charge in [0, 0.05) is 6.42 Å². The monoisotopic (exact) mass is 486 g/mol. The van der Waals surface area contributed by atoms with Crippen LogP contribution in [0.2, 0.25) is 0 Å². The SMILES string of the molecule is CCCCCC=CC(C)CC(O)CC(C)(C)O.O=C(O)c1ccccc1.O=C(O)c1ccccc1. The number of aliphatic hydroxyl groups excluding tert-OH is 1. The maximum absolute atomic E-state index is 10.2. The van der Waals surface area contributed by atoms with Crippen molar-refractivity contribution in [1.82, 2.24) is 0 Å². The molecule has 35 heavy (non-hydrogen) atoms. The van der Waals surface area contributed by atoms with Crippen molar-refractivity contribution in [3.05, 3.63) is 83.9 Å². The van der Waals surface area contributed by atoms with E-state index >= 15 is 0 Å². The van der Waals surface area contributed by atoms with Gasteiger partial charge in [0.2, 0.25) is 0 Å². The van der Waals surface area contributed by atoms with E-state index < -0.39 is 23.6 Å². The van der Waals surface area contributed by atoms with E-state index in [1.807, 2.05) is 0 Å². The molecule has 2 aromatic carbocycles. The van der Waals surface area contributed by atoms with Gasteiger partial charge in [-0.25, -0.2) is 9.59 Å². The van der Waals surface area contributed by atoms with Gasteiger partial charge in [0.1, 0.15) is 0 Å². The summed E-state index contributed by atoms with van der Waals surface area (Å²) in [7, 11) is 0. The topological polar surface area (TPSA) is 115 Å². The Morgan fingerprint density at radius 3 is 1.69 bits per heavy atom. The molecule has 2 unspecified atom stereocenters. The van der Waals surface area contributed by atoms with Crippen molar-refractivity contribution in [3.63, 3.8) is 0 Å². The lowest BCUT2D eigenvalue weighted by Crippen LogP contribution is -2.27. The molecule has 0 aliphatic rings. The fourth-order valence-corrected chi connectivity index (χ4v) is 3.17. The number of aliphatic hydroxyl groups is 2. The van der Waals surface area contributed by atoms with Gasteiger partial charge in [0.15, 0.2) is 0 Å². The van der Waals surface area contributed by atoms with Crippen LogP contribution in [0.4, 0.5) is 0 Å². The highest BCUT2D eigenvalue weighted by Crippen LogP contribution is 2.17. The van der Waals surface area contributed by atoms with Gasteiger partial charge in [-0.05, 0) is 63.3 Å². The second-order valence-electron chi connectivity index (χ2n) is 9.15. The first-order chi connectivity index (χ1) is 16.5. The first kappa shape index (κ1) is 32.0. The van der Waals surface area contributed by atoms with E-state index in [2.05, 4.69) is 26.0 Å². The Morgan fingerprint density at radius 1 is 0.886 bits per heavy atom. The normalized spacial score (nSPS) is 12.5. The van der Waals surface area contributed by atoms with Crippen LogP contribution in [0, 0.1) is 5.92 Å². The first-order valence-corrected chi connectivity index (χ1v) is 12.1. The van der Waals surface area contributed by atoms with Crippen molar-refractivity contribution >= 4 is 11.9 Å². The van der Waals surface area contributed by atoms with Crippen molar-refractivity contribution in [2.75, 3.05) is 0 Å². The first-order valence-electron chi connectivity index (χ1n) is 12.1. The highest BCUT2D eigenvalue weighted by Gasteiger charge is 2.19. The fourth-order valence-electron chi connectivity index (χ4n) is 3.17. The molecule has 2 rings (SSSR count). The van der Waals surface area contributed by atoms with Crippen LogP contribution in [0.1, 0.15) is 86.9 Å². The fraction of sp³-hybridized carbons (Fsp3) is 0.448. The summed E-state index contributed by atoms with van der Waals surface area (Å²) in [4.78, 5) is 20.4. The predicted octanol–water partition coefficient (Wildman–Crippen LogP) is 6.44. The molecule has 0 aromatic heterocycles.